The monoisotopic (exact) mass is 388 g/mol. The maximum absolute atomic E-state index is 13.2. The molecule has 29 heavy (non-hydrogen) atoms. The zero-order valence-electron chi connectivity index (χ0n) is 16.7. The molecule has 148 valence electrons. The van der Waals surface area contributed by atoms with Crippen molar-refractivity contribution in [2.45, 2.75) is 26.7 Å². The van der Waals surface area contributed by atoms with Crippen LogP contribution in [0.3, 0.4) is 0 Å². The van der Waals surface area contributed by atoms with Crippen LogP contribution in [-0.2, 0) is 4.79 Å². The molecule has 1 fully saturated rings. The van der Waals surface area contributed by atoms with E-state index in [1.54, 1.807) is 4.90 Å². The molecule has 0 bridgehead atoms. The Bertz CT molecular complexity index is 1090. The van der Waals surface area contributed by atoms with Gasteiger partial charge in [-0.3, -0.25) is 9.59 Å². The van der Waals surface area contributed by atoms with Crippen LogP contribution >= 0.6 is 0 Å². The third kappa shape index (κ3) is 3.68. The lowest BCUT2D eigenvalue weighted by atomic mass is 10.0. The van der Waals surface area contributed by atoms with Gasteiger partial charge in [-0.05, 0) is 54.8 Å². The molecule has 1 aliphatic heterocycles. The third-order valence-electron chi connectivity index (χ3n) is 5.25. The minimum absolute atomic E-state index is 0.129. The average Bonchev–Trinajstić information content (AvgIpc) is 3.15. The molecular weight excluding hydrogens is 364 g/mol. The second-order valence-corrected chi connectivity index (χ2v) is 7.20. The maximum atomic E-state index is 13.2. The number of ether oxygens (including phenoxy) is 1. The fourth-order valence-electron chi connectivity index (χ4n) is 3.84. The van der Waals surface area contributed by atoms with E-state index in [-0.39, 0.29) is 11.8 Å². The van der Waals surface area contributed by atoms with Crippen molar-refractivity contribution in [3.63, 3.8) is 0 Å². The Hall–Kier alpha value is -3.34. The van der Waals surface area contributed by atoms with Crippen LogP contribution in [-0.4, -0.2) is 25.0 Å². The summed E-state index contributed by atoms with van der Waals surface area (Å²) in [7, 11) is 0. The Morgan fingerprint density at radius 3 is 2.72 bits per heavy atom. The van der Waals surface area contributed by atoms with Crippen LogP contribution < -0.4 is 15.0 Å². The van der Waals surface area contributed by atoms with Gasteiger partial charge < -0.3 is 15.0 Å². The van der Waals surface area contributed by atoms with Crippen LogP contribution in [0.5, 0.6) is 5.75 Å². The molecule has 5 nitrogen and oxygen atoms in total. The number of fused-ring (bicyclic) bond motifs is 1. The SMILES string of the molecule is CCOc1ccc2ccccc2c1C(=O)Nc1ccc(C)c(N2CCCC2=O)c1. The number of anilines is 2. The topological polar surface area (TPSA) is 58.6 Å². The normalized spacial score (nSPS) is 13.7. The standard InChI is InChI=1S/C24H24N2O3/c1-3-29-21-13-11-17-7-4-5-8-19(17)23(21)24(28)25-18-12-10-16(2)20(15-18)26-14-6-9-22(26)27/h4-5,7-8,10-13,15H,3,6,9,14H2,1-2H3,(H,25,28). The van der Waals surface area contributed by atoms with Gasteiger partial charge in [0.05, 0.1) is 12.2 Å². The first-order valence-electron chi connectivity index (χ1n) is 9.95. The van der Waals surface area contributed by atoms with E-state index in [0.717, 1.165) is 35.0 Å². The van der Waals surface area contributed by atoms with Crippen LogP contribution in [0, 0.1) is 6.92 Å². The molecule has 0 saturated carbocycles. The molecule has 0 spiro atoms. The predicted molar refractivity (Wildman–Crippen MR) is 116 cm³/mol. The summed E-state index contributed by atoms with van der Waals surface area (Å²) in [6, 6.07) is 17.2. The Labute approximate surface area is 170 Å². The molecule has 0 unspecified atom stereocenters. The molecule has 0 atom stereocenters. The molecule has 1 saturated heterocycles. The molecule has 3 aromatic rings. The summed E-state index contributed by atoms with van der Waals surface area (Å²) in [5, 5.41) is 4.82. The van der Waals surface area contributed by atoms with Crippen LogP contribution in [0.4, 0.5) is 11.4 Å². The predicted octanol–water partition coefficient (Wildman–Crippen LogP) is 4.93. The van der Waals surface area contributed by atoms with Crippen LogP contribution in [0.1, 0.15) is 35.7 Å². The van der Waals surface area contributed by atoms with Crippen molar-refractivity contribution in [2.75, 3.05) is 23.4 Å². The van der Waals surface area contributed by atoms with E-state index in [1.807, 2.05) is 68.4 Å². The van der Waals surface area contributed by atoms with Crippen molar-refractivity contribution < 1.29 is 14.3 Å². The molecule has 1 heterocycles. The van der Waals surface area contributed by atoms with Crippen molar-refractivity contribution in [3.8, 4) is 5.75 Å². The Morgan fingerprint density at radius 1 is 1.14 bits per heavy atom. The van der Waals surface area contributed by atoms with Gasteiger partial charge in [-0.1, -0.05) is 36.4 Å². The smallest absolute Gasteiger partial charge is 0.260 e. The molecular formula is C24H24N2O3. The number of aryl methyl sites for hydroxylation is 1. The lowest BCUT2D eigenvalue weighted by molar-refractivity contribution is -0.117. The summed E-state index contributed by atoms with van der Waals surface area (Å²) >= 11 is 0. The van der Waals surface area contributed by atoms with Gasteiger partial charge in [-0.15, -0.1) is 0 Å². The highest BCUT2D eigenvalue weighted by Gasteiger charge is 2.24. The summed E-state index contributed by atoms with van der Waals surface area (Å²) in [6.07, 6.45) is 1.44. The van der Waals surface area contributed by atoms with E-state index < -0.39 is 0 Å². The molecule has 1 aliphatic rings. The number of rotatable bonds is 5. The van der Waals surface area contributed by atoms with E-state index in [4.69, 9.17) is 4.74 Å². The van der Waals surface area contributed by atoms with Gasteiger partial charge in [0, 0.05) is 24.3 Å². The quantitative estimate of drug-likeness (QED) is 0.674. The number of hydrogen-bond donors (Lipinski definition) is 1. The van der Waals surface area contributed by atoms with E-state index in [9.17, 15) is 9.59 Å². The lowest BCUT2D eigenvalue weighted by Gasteiger charge is -2.20. The van der Waals surface area contributed by atoms with Crippen LogP contribution in [0.25, 0.3) is 10.8 Å². The summed E-state index contributed by atoms with van der Waals surface area (Å²) < 4.78 is 5.73. The largest absolute Gasteiger partial charge is 0.493 e. The molecule has 5 heteroatoms. The van der Waals surface area contributed by atoms with Crippen molar-refractivity contribution in [3.05, 3.63) is 65.7 Å². The maximum Gasteiger partial charge on any atom is 0.260 e. The number of carbonyl (C=O) groups is 2. The van der Waals surface area contributed by atoms with E-state index >= 15 is 0 Å². The van der Waals surface area contributed by atoms with Gasteiger partial charge in [-0.25, -0.2) is 0 Å². The van der Waals surface area contributed by atoms with Gasteiger partial charge in [0.2, 0.25) is 5.91 Å². The van der Waals surface area contributed by atoms with E-state index in [0.29, 0.717) is 30.0 Å². The highest BCUT2D eigenvalue weighted by atomic mass is 16.5. The van der Waals surface area contributed by atoms with Crippen molar-refractivity contribution >= 4 is 34.0 Å². The minimum atomic E-state index is -0.229. The number of nitrogens with one attached hydrogen (secondary N) is 1. The molecule has 1 N–H and O–H groups in total. The Balaban J connectivity index is 1.70. The molecule has 0 aliphatic carbocycles. The molecule has 0 radical (unpaired) electrons. The third-order valence-corrected chi connectivity index (χ3v) is 5.25. The fourth-order valence-corrected chi connectivity index (χ4v) is 3.84. The first-order valence-corrected chi connectivity index (χ1v) is 9.95. The highest BCUT2D eigenvalue weighted by molar-refractivity contribution is 6.15. The molecule has 4 rings (SSSR count). The zero-order valence-corrected chi connectivity index (χ0v) is 16.7. The van der Waals surface area contributed by atoms with E-state index in [1.165, 1.54) is 0 Å². The van der Waals surface area contributed by atoms with Gasteiger partial charge in [-0.2, -0.15) is 0 Å². The van der Waals surface area contributed by atoms with Crippen molar-refractivity contribution in [2.24, 2.45) is 0 Å². The van der Waals surface area contributed by atoms with E-state index in [2.05, 4.69) is 5.32 Å². The van der Waals surface area contributed by atoms with Gasteiger partial charge in [0.15, 0.2) is 0 Å². The number of hydrogen-bond acceptors (Lipinski definition) is 3. The first kappa shape index (κ1) is 19.0. The van der Waals surface area contributed by atoms with Gasteiger partial charge >= 0.3 is 0 Å². The minimum Gasteiger partial charge on any atom is -0.493 e. The highest BCUT2D eigenvalue weighted by Crippen LogP contribution is 2.31. The van der Waals surface area contributed by atoms with Gasteiger partial charge in [0.1, 0.15) is 5.75 Å². The number of nitrogens with zero attached hydrogens (tertiary/aromatic N) is 1. The number of amides is 2. The Morgan fingerprint density at radius 2 is 1.97 bits per heavy atom. The van der Waals surface area contributed by atoms with Crippen LogP contribution in [0.2, 0.25) is 0 Å². The fraction of sp³-hybridized carbons (Fsp3) is 0.250. The number of carbonyl (C=O) groups excluding carboxylic acids is 2. The second-order valence-electron chi connectivity index (χ2n) is 7.20. The molecule has 3 aromatic carbocycles. The molecule has 0 aromatic heterocycles. The Kier molecular flexibility index (Phi) is 5.21. The summed E-state index contributed by atoms with van der Waals surface area (Å²) in [6.45, 7) is 5.07. The first-order chi connectivity index (χ1) is 14.1. The average molecular weight is 388 g/mol. The van der Waals surface area contributed by atoms with Crippen molar-refractivity contribution in [1.82, 2.24) is 0 Å². The molecule has 2 amide bonds. The van der Waals surface area contributed by atoms with Crippen molar-refractivity contribution in [1.29, 1.82) is 0 Å². The zero-order chi connectivity index (χ0) is 20.4. The van der Waals surface area contributed by atoms with Crippen LogP contribution in [0.15, 0.2) is 54.6 Å². The number of benzene rings is 3. The summed E-state index contributed by atoms with van der Waals surface area (Å²) in [5.74, 6) is 0.461. The van der Waals surface area contributed by atoms with Gasteiger partial charge in [0.25, 0.3) is 5.91 Å². The lowest BCUT2D eigenvalue weighted by Crippen LogP contribution is -2.24. The summed E-state index contributed by atoms with van der Waals surface area (Å²) in [5.41, 5.74) is 3.04. The summed E-state index contributed by atoms with van der Waals surface area (Å²) in [4.78, 5) is 27.2. The second kappa shape index (κ2) is 7.95.